The standard InChI is InChI=1S/C17H22N2O2/c1-5-11(2)14-6-8-15(9-7-14)13(4)18-17(20)16-10-12(3)21-19-16/h6-11,13H,5H2,1-4H3,(H,18,20)/t11-,13-/m0/s1. The van der Waals surface area contributed by atoms with E-state index in [1.807, 2.05) is 6.92 Å². The molecule has 0 bridgehead atoms. The number of nitrogens with one attached hydrogen (secondary N) is 1. The van der Waals surface area contributed by atoms with Crippen LogP contribution in [0, 0.1) is 6.92 Å². The normalized spacial score (nSPS) is 13.7. The van der Waals surface area contributed by atoms with Crippen LogP contribution in [0.15, 0.2) is 34.9 Å². The molecule has 0 aliphatic rings. The Hall–Kier alpha value is -2.10. The lowest BCUT2D eigenvalue weighted by molar-refractivity contribution is 0.0930. The van der Waals surface area contributed by atoms with Crippen molar-refractivity contribution in [1.82, 2.24) is 10.5 Å². The number of rotatable bonds is 5. The van der Waals surface area contributed by atoms with Gasteiger partial charge in [-0.2, -0.15) is 0 Å². The van der Waals surface area contributed by atoms with Crippen LogP contribution in [0.1, 0.15) is 66.5 Å². The van der Waals surface area contributed by atoms with E-state index in [4.69, 9.17) is 4.52 Å². The van der Waals surface area contributed by atoms with Crippen molar-refractivity contribution in [1.29, 1.82) is 0 Å². The third-order valence-corrected chi connectivity index (χ3v) is 3.83. The van der Waals surface area contributed by atoms with Crippen LogP contribution in [-0.4, -0.2) is 11.1 Å². The molecule has 1 N–H and O–H groups in total. The lowest BCUT2D eigenvalue weighted by Gasteiger charge is -2.15. The van der Waals surface area contributed by atoms with E-state index in [-0.39, 0.29) is 11.9 Å². The van der Waals surface area contributed by atoms with Crippen molar-refractivity contribution in [3.63, 3.8) is 0 Å². The van der Waals surface area contributed by atoms with Gasteiger partial charge in [0.2, 0.25) is 0 Å². The molecular weight excluding hydrogens is 264 g/mol. The Bertz CT molecular complexity index is 602. The first-order chi connectivity index (χ1) is 10.0. The van der Waals surface area contributed by atoms with Gasteiger partial charge in [0.15, 0.2) is 5.69 Å². The molecule has 2 atom stereocenters. The molecule has 1 aromatic carbocycles. The number of hydrogen-bond acceptors (Lipinski definition) is 3. The Morgan fingerprint density at radius 3 is 2.38 bits per heavy atom. The number of amides is 1. The van der Waals surface area contributed by atoms with E-state index in [0.29, 0.717) is 17.4 Å². The van der Waals surface area contributed by atoms with Crippen LogP contribution in [0.4, 0.5) is 0 Å². The molecule has 4 heteroatoms. The maximum Gasteiger partial charge on any atom is 0.273 e. The second-order valence-electron chi connectivity index (χ2n) is 5.49. The second kappa shape index (κ2) is 6.57. The summed E-state index contributed by atoms with van der Waals surface area (Å²) in [4.78, 5) is 12.0. The second-order valence-corrected chi connectivity index (χ2v) is 5.49. The molecule has 0 fully saturated rings. The zero-order valence-electron chi connectivity index (χ0n) is 13.0. The molecule has 0 unspecified atom stereocenters. The summed E-state index contributed by atoms with van der Waals surface area (Å²) < 4.78 is 4.92. The Kier molecular flexibility index (Phi) is 4.78. The summed E-state index contributed by atoms with van der Waals surface area (Å²) in [6.45, 7) is 8.12. The number of carbonyl (C=O) groups excluding carboxylic acids is 1. The van der Waals surface area contributed by atoms with Crippen LogP contribution in [0.25, 0.3) is 0 Å². The first-order valence-electron chi connectivity index (χ1n) is 7.35. The lowest BCUT2D eigenvalue weighted by Crippen LogP contribution is -2.26. The summed E-state index contributed by atoms with van der Waals surface area (Å²) in [7, 11) is 0. The quantitative estimate of drug-likeness (QED) is 0.904. The summed E-state index contributed by atoms with van der Waals surface area (Å²) in [5, 5.41) is 6.65. The summed E-state index contributed by atoms with van der Waals surface area (Å²) in [5.41, 5.74) is 2.72. The van der Waals surface area contributed by atoms with Gasteiger partial charge in [0.1, 0.15) is 5.76 Å². The molecule has 4 nitrogen and oxygen atoms in total. The van der Waals surface area contributed by atoms with E-state index in [1.165, 1.54) is 5.56 Å². The van der Waals surface area contributed by atoms with Gasteiger partial charge in [0.05, 0.1) is 6.04 Å². The minimum Gasteiger partial charge on any atom is -0.361 e. The minimum atomic E-state index is -0.217. The fourth-order valence-electron chi connectivity index (χ4n) is 2.18. The van der Waals surface area contributed by atoms with E-state index in [9.17, 15) is 4.79 Å². The minimum absolute atomic E-state index is 0.0690. The summed E-state index contributed by atoms with van der Waals surface area (Å²) in [6.07, 6.45) is 1.12. The number of aromatic nitrogens is 1. The van der Waals surface area contributed by atoms with Gasteiger partial charge in [-0.05, 0) is 37.3 Å². The van der Waals surface area contributed by atoms with Crippen molar-refractivity contribution in [3.05, 3.63) is 52.9 Å². The fourth-order valence-corrected chi connectivity index (χ4v) is 2.18. The van der Waals surface area contributed by atoms with E-state index in [2.05, 4.69) is 48.6 Å². The average molecular weight is 286 g/mol. The first-order valence-corrected chi connectivity index (χ1v) is 7.35. The molecular formula is C17H22N2O2. The molecule has 0 saturated carbocycles. The van der Waals surface area contributed by atoms with Gasteiger partial charge in [-0.3, -0.25) is 4.79 Å². The van der Waals surface area contributed by atoms with Gasteiger partial charge in [0.25, 0.3) is 5.91 Å². The van der Waals surface area contributed by atoms with Gasteiger partial charge in [-0.25, -0.2) is 0 Å². The van der Waals surface area contributed by atoms with Crippen molar-refractivity contribution in [2.75, 3.05) is 0 Å². The Balaban J connectivity index is 2.03. The Morgan fingerprint density at radius 2 is 1.86 bits per heavy atom. The lowest BCUT2D eigenvalue weighted by atomic mass is 9.96. The smallest absolute Gasteiger partial charge is 0.273 e. The number of benzene rings is 1. The van der Waals surface area contributed by atoms with Crippen molar-refractivity contribution >= 4 is 5.91 Å². The summed E-state index contributed by atoms with van der Waals surface area (Å²) in [6, 6.07) is 9.97. The molecule has 1 amide bonds. The molecule has 21 heavy (non-hydrogen) atoms. The zero-order valence-corrected chi connectivity index (χ0v) is 13.0. The van der Waals surface area contributed by atoms with E-state index >= 15 is 0 Å². The molecule has 2 aromatic rings. The van der Waals surface area contributed by atoms with Gasteiger partial charge in [-0.15, -0.1) is 0 Å². The van der Waals surface area contributed by atoms with Crippen molar-refractivity contribution in [2.24, 2.45) is 0 Å². The Labute approximate surface area is 125 Å². The molecule has 0 aliphatic heterocycles. The van der Waals surface area contributed by atoms with Crippen LogP contribution in [-0.2, 0) is 0 Å². The molecule has 0 aliphatic carbocycles. The third-order valence-electron chi connectivity index (χ3n) is 3.83. The Morgan fingerprint density at radius 1 is 1.24 bits per heavy atom. The topological polar surface area (TPSA) is 55.1 Å². The molecule has 1 aromatic heterocycles. The van der Waals surface area contributed by atoms with Crippen LogP contribution >= 0.6 is 0 Å². The first kappa shape index (κ1) is 15.3. The molecule has 0 spiro atoms. The van der Waals surface area contributed by atoms with Crippen LogP contribution in [0.3, 0.4) is 0 Å². The fraction of sp³-hybridized carbons (Fsp3) is 0.412. The van der Waals surface area contributed by atoms with Crippen LogP contribution < -0.4 is 5.32 Å². The highest BCUT2D eigenvalue weighted by molar-refractivity contribution is 5.92. The monoisotopic (exact) mass is 286 g/mol. The van der Waals surface area contributed by atoms with E-state index in [1.54, 1.807) is 13.0 Å². The predicted octanol–water partition coefficient (Wildman–Crippen LogP) is 3.99. The SMILES string of the molecule is CC[C@H](C)c1ccc([C@H](C)NC(=O)c2cc(C)on2)cc1. The van der Waals surface area contributed by atoms with Crippen molar-refractivity contribution in [3.8, 4) is 0 Å². The highest BCUT2D eigenvalue weighted by Crippen LogP contribution is 2.21. The van der Waals surface area contributed by atoms with Crippen LogP contribution in [0.2, 0.25) is 0 Å². The maximum absolute atomic E-state index is 12.0. The van der Waals surface area contributed by atoms with Gasteiger partial charge < -0.3 is 9.84 Å². The molecule has 0 saturated heterocycles. The van der Waals surface area contributed by atoms with Gasteiger partial charge in [-0.1, -0.05) is 43.3 Å². The van der Waals surface area contributed by atoms with Crippen LogP contribution in [0.5, 0.6) is 0 Å². The van der Waals surface area contributed by atoms with E-state index in [0.717, 1.165) is 12.0 Å². The highest BCUT2D eigenvalue weighted by atomic mass is 16.5. The molecule has 112 valence electrons. The zero-order chi connectivity index (χ0) is 15.4. The van der Waals surface area contributed by atoms with Crippen molar-refractivity contribution < 1.29 is 9.32 Å². The largest absolute Gasteiger partial charge is 0.361 e. The third kappa shape index (κ3) is 3.72. The summed E-state index contributed by atoms with van der Waals surface area (Å²) >= 11 is 0. The van der Waals surface area contributed by atoms with Crippen molar-refractivity contribution in [2.45, 2.75) is 46.1 Å². The molecule has 2 rings (SSSR count). The number of hydrogen-bond donors (Lipinski definition) is 1. The number of nitrogens with zero attached hydrogens (tertiary/aromatic N) is 1. The molecule has 1 heterocycles. The molecule has 0 radical (unpaired) electrons. The average Bonchev–Trinajstić information content (AvgIpc) is 2.93. The highest BCUT2D eigenvalue weighted by Gasteiger charge is 2.15. The van der Waals surface area contributed by atoms with Gasteiger partial charge in [0, 0.05) is 6.07 Å². The predicted molar refractivity (Wildman–Crippen MR) is 82.3 cm³/mol. The van der Waals surface area contributed by atoms with Gasteiger partial charge >= 0.3 is 0 Å². The number of aryl methyl sites for hydroxylation is 1. The van der Waals surface area contributed by atoms with E-state index < -0.39 is 0 Å². The summed E-state index contributed by atoms with van der Waals surface area (Å²) in [5.74, 6) is 0.970. The maximum atomic E-state index is 12.0. The number of carbonyl (C=O) groups is 1.